The van der Waals surface area contributed by atoms with Crippen LogP contribution in [0.15, 0.2) is 10.1 Å². The van der Waals surface area contributed by atoms with E-state index < -0.39 is 6.23 Å². The summed E-state index contributed by atoms with van der Waals surface area (Å²) in [5.74, 6) is -0.350. The topological polar surface area (TPSA) is 40.5 Å². The van der Waals surface area contributed by atoms with Gasteiger partial charge >= 0.3 is 0 Å². The molecule has 0 bridgehead atoms. The van der Waals surface area contributed by atoms with E-state index in [0.29, 0.717) is 0 Å². The maximum absolute atomic E-state index is 11.3. The van der Waals surface area contributed by atoms with Gasteiger partial charge in [-0.05, 0) is 12.8 Å². The minimum absolute atomic E-state index is 0.0453. The maximum Gasteiger partial charge on any atom is 0.269 e. The molecule has 1 unspecified atom stereocenters. The Morgan fingerprint density at radius 1 is 1.42 bits per heavy atom. The molecule has 1 aliphatic carbocycles. The highest BCUT2D eigenvalue weighted by molar-refractivity contribution is 6.49. The molecule has 1 saturated carbocycles. The summed E-state index contributed by atoms with van der Waals surface area (Å²) in [6.45, 7) is 0. The van der Waals surface area contributed by atoms with E-state index in [2.05, 4.69) is 0 Å². The van der Waals surface area contributed by atoms with Crippen molar-refractivity contribution in [1.82, 2.24) is 4.90 Å². The van der Waals surface area contributed by atoms with E-state index in [1.807, 2.05) is 0 Å². The molecule has 0 saturated heterocycles. The van der Waals surface area contributed by atoms with E-state index in [1.165, 1.54) is 4.90 Å². The summed E-state index contributed by atoms with van der Waals surface area (Å²) in [5, 5.41) is 9.44. The van der Waals surface area contributed by atoms with Gasteiger partial charge in [-0.15, -0.1) is 0 Å². The first-order valence-corrected chi connectivity index (χ1v) is 4.44. The number of aliphatic hydroxyl groups excluding tert-OH is 1. The van der Waals surface area contributed by atoms with Gasteiger partial charge in [-0.1, -0.05) is 23.2 Å². The molecule has 0 spiro atoms. The fraction of sp³-hybridized carbons (Fsp3) is 0.571. The number of rotatable bonds is 1. The van der Waals surface area contributed by atoms with Crippen LogP contribution in [0.3, 0.4) is 0 Å². The maximum atomic E-state index is 11.3. The molecule has 3 nitrogen and oxygen atoms in total. The molecule has 12 heavy (non-hydrogen) atoms. The third-order valence-corrected chi connectivity index (χ3v) is 2.91. The smallest absolute Gasteiger partial charge is 0.269 e. The number of halogens is 2. The zero-order chi connectivity index (χ0) is 8.88. The molecule has 1 heterocycles. The van der Waals surface area contributed by atoms with E-state index in [9.17, 15) is 9.90 Å². The second-order valence-corrected chi connectivity index (χ2v) is 3.76. The third-order valence-electron chi connectivity index (χ3n) is 2.06. The van der Waals surface area contributed by atoms with E-state index in [1.54, 1.807) is 0 Å². The molecule has 0 aromatic heterocycles. The molecule has 0 aromatic rings. The lowest BCUT2D eigenvalue weighted by atomic mass is 10.5. The average molecular weight is 208 g/mol. The Morgan fingerprint density at radius 2 is 2.00 bits per heavy atom. The standard InChI is InChI=1S/C7H7Cl2NO2/c8-4-5(9)7(12)10(6(4)11)3-1-2-3/h3,6,11H,1-2H2. The van der Waals surface area contributed by atoms with Crippen LogP contribution in [0.2, 0.25) is 0 Å². The summed E-state index contributed by atoms with van der Waals surface area (Å²) in [5.41, 5.74) is 0. The van der Waals surface area contributed by atoms with Crippen molar-refractivity contribution in [3.8, 4) is 0 Å². The second kappa shape index (κ2) is 2.62. The van der Waals surface area contributed by atoms with Gasteiger partial charge in [0.25, 0.3) is 5.91 Å². The summed E-state index contributed by atoms with van der Waals surface area (Å²) >= 11 is 11.2. The first-order valence-electron chi connectivity index (χ1n) is 3.69. The van der Waals surface area contributed by atoms with Gasteiger partial charge in [-0.3, -0.25) is 4.79 Å². The van der Waals surface area contributed by atoms with E-state index in [0.717, 1.165) is 12.8 Å². The SMILES string of the molecule is O=C1C(Cl)=C(Cl)C(O)N1C1CC1. The molecular formula is C7H7Cl2NO2. The van der Waals surface area contributed by atoms with Crippen LogP contribution in [0, 0.1) is 0 Å². The van der Waals surface area contributed by atoms with Crippen molar-refractivity contribution >= 4 is 29.1 Å². The first kappa shape index (κ1) is 8.35. The van der Waals surface area contributed by atoms with Crippen molar-refractivity contribution in [2.24, 2.45) is 0 Å². The predicted octanol–water partition coefficient (Wildman–Crippen LogP) is 0.999. The van der Waals surface area contributed by atoms with E-state index in [4.69, 9.17) is 23.2 Å². The molecule has 0 aromatic carbocycles. The van der Waals surface area contributed by atoms with Crippen LogP contribution < -0.4 is 0 Å². The molecule has 1 amide bonds. The Labute approximate surface area is 79.5 Å². The largest absolute Gasteiger partial charge is 0.368 e. The van der Waals surface area contributed by atoms with Gasteiger partial charge < -0.3 is 10.0 Å². The lowest BCUT2D eigenvalue weighted by Crippen LogP contribution is -2.36. The number of carbonyl (C=O) groups is 1. The fourth-order valence-electron chi connectivity index (χ4n) is 1.28. The summed E-state index contributed by atoms with van der Waals surface area (Å²) in [7, 11) is 0. The number of hydrogen-bond acceptors (Lipinski definition) is 2. The van der Waals surface area contributed by atoms with Crippen molar-refractivity contribution in [3.63, 3.8) is 0 Å². The van der Waals surface area contributed by atoms with Gasteiger partial charge in [0.15, 0.2) is 6.23 Å². The van der Waals surface area contributed by atoms with E-state index >= 15 is 0 Å². The summed E-state index contributed by atoms with van der Waals surface area (Å²) in [6.07, 6.45) is 0.841. The summed E-state index contributed by atoms with van der Waals surface area (Å²) < 4.78 is 0. The lowest BCUT2D eigenvalue weighted by molar-refractivity contribution is -0.131. The van der Waals surface area contributed by atoms with Crippen molar-refractivity contribution in [3.05, 3.63) is 10.1 Å². The quantitative estimate of drug-likeness (QED) is 0.698. The van der Waals surface area contributed by atoms with Crippen LogP contribution in [-0.2, 0) is 4.79 Å². The van der Waals surface area contributed by atoms with Crippen LogP contribution in [0.5, 0.6) is 0 Å². The molecule has 1 N–H and O–H groups in total. The predicted molar refractivity (Wildman–Crippen MR) is 44.6 cm³/mol. The Bertz CT molecular complexity index is 273. The minimum Gasteiger partial charge on any atom is -0.368 e. The number of amides is 1. The molecule has 1 aliphatic heterocycles. The Balaban J connectivity index is 2.26. The monoisotopic (exact) mass is 207 g/mol. The van der Waals surface area contributed by atoms with Gasteiger partial charge in [0.05, 0.1) is 5.03 Å². The van der Waals surface area contributed by atoms with Crippen molar-refractivity contribution in [1.29, 1.82) is 0 Å². The van der Waals surface area contributed by atoms with Gasteiger partial charge in [-0.2, -0.15) is 0 Å². The molecule has 0 radical (unpaired) electrons. The highest BCUT2D eigenvalue weighted by Gasteiger charge is 2.44. The van der Waals surface area contributed by atoms with E-state index in [-0.39, 0.29) is 22.0 Å². The average Bonchev–Trinajstić information content (AvgIpc) is 2.82. The number of aliphatic hydroxyl groups is 1. The molecule has 1 fully saturated rings. The van der Waals surface area contributed by atoms with Crippen molar-refractivity contribution in [2.45, 2.75) is 25.1 Å². The fourth-order valence-corrected chi connectivity index (χ4v) is 1.66. The van der Waals surface area contributed by atoms with Crippen LogP contribution in [0.4, 0.5) is 0 Å². The van der Waals surface area contributed by atoms with Crippen LogP contribution in [0.1, 0.15) is 12.8 Å². The third kappa shape index (κ3) is 1.04. The highest BCUT2D eigenvalue weighted by Crippen LogP contribution is 2.38. The number of hydrogen-bond donors (Lipinski definition) is 1. The van der Waals surface area contributed by atoms with Crippen LogP contribution in [-0.4, -0.2) is 28.2 Å². The minimum atomic E-state index is -1.01. The van der Waals surface area contributed by atoms with Crippen molar-refractivity contribution < 1.29 is 9.90 Å². The Morgan fingerprint density at radius 3 is 2.33 bits per heavy atom. The Hall–Kier alpha value is -0.250. The number of carbonyl (C=O) groups excluding carboxylic acids is 1. The summed E-state index contributed by atoms with van der Waals surface area (Å²) in [6, 6.07) is 0.137. The van der Waals surface area contributed by atoms with Crippen molar-refractivity contribution in [2.75, 3.05) is 0 Å². The molecule has 2 rings (SSSR count). The van der Waals surface area contributed by atoms with Crippen LogP contribution >= 0.6 is 23.2 Å². The zero-order valence-corrected chi connectivity index (χ0v) is 7.64. The van der Waals surface area contributed by atoms with Gasteiger partial charge in [-0.25, -0.2) is 0 Å². The molecule has 66 valence electrons. The molecular weight excluding hydrogens is 201 g/mol. The van der Waals surface area contributed by atoms with Gasteiger partial charge in [0.2, 0.25) is 0 Å². The molecule has 1 atom stereocenters. The lowest BCUT2D eigenvalue weighted by Gasteiger charge is -2.19. The Kier molecular flexibility index (Phi) is 1.82. The normalized spacial score (nSPS) is 30.4. The molecule has 2 aliphatic rings. The zero-order valence-electron chi connectivity index (χ0n) is 6.13. The van der Waals surface area contributed by atoms with Crippen LogP contribution in [0.25, 0.3) is 0 Å². The number of nitrogens with zero attached hydrogens (tertiary/aromatic N) is 1. The summed E-state index contributed by atoms with van der Waals surface area (Å²) in [4.78, 5) is 12.6. The highest BCUT2D eigenvalue weighted by atomic mass is 35.5. The second-order valence-electron chi connectivity index (χ2n) is 2.98. The van der Waals surface area contributed by atoms with Gasteiger partial charge in [0.1, 0.15) is 5.03 Å². The first-order chi connectivity index (χ1) is 5.63. The van der Waals surface area contributed by atoms with Gasteiger partial charge in [0, 0.05) is 6.04 Å². The molecule has 5 heteroatoms.